The molecule has 8 nitrogen and oxygen atoms in total. The van der Waals surface area contributed by atoms with Crippen LogP contribution in [0.4, 0.5) is 23.3 Å². The zero-order valence-electron chi connectivity index (χ0n) is 23.2. The molecule has 0 unspecified atom stereocenters. The van der Waals surface area contributed by atoms with Gasteiger partial charge in [-0.2, -0.15) is 10.1 Å². The van der Waals surface area contributed by atoms with Crippen LogP contribution in [-0.4, -0.2) is 62.7 Å². The molecule has 2 aromatic heterocycles. The Kier molecular flexibility index (Phi) is 7.38. The van der Waals surface area contributed by atoms with Gasteiger partial charge in [0.2, 0.25) is 5.95 Å². The summed E-state index contributed by atoms with van der Waals surface area (Å²) in [6.45, 7) is 13.0. The van der Waals surface area contributed by atoms with E-state index in [9.17, 15) is 0 Å². The van der Waals surface area contributed by atoms with Crippen LogP contribution in [0.3, 0.4) is 0 Å². The first-order valence-corrected chi connectivity index (χ1v) is 13.9. The largest absolute Gasteiger partial charge is 0.374 e. The van der Waals surface area contributed by atoms with Crippen molar-refractivity contribution in [1.82, 2.24) is 30.0 Å². The summed E-state index contributed by atoms with van der Waals surface area (Å²) >= 11 is 6.34. The molecule has 9 heteroatoms. The highest BCUT2D eigenvalue weighted by molar-refractivity contribution is 6.32. The number of hydrogen-bond donors (Lipinski definition) is 3. The summed E-state index contributed by atoms with van der Waals surface area (Å²) in [5.41, 5.74) is 7.35. The quantitative estimate of drug-likeness (QED) is 0.306. The van der Waals surface area contributed by atoms with Crippen molar-refractivity contribution in [2.24, 2.45) is 0 Å². The first kappa shape index (κ1) is 26.5. The molecule has 0 bridgehead atoms. The van der Waals surface area contributed by atoms with Crippen LogP contribution >= 0.6 is 11.6 Å². The van der Waals surface area contributed by atoms with E-state index in [0.717, 1.165) is 37.3 Å². The molecule has 3 heterocycles. The maximum absolute atomic E-state index is 6.34. The van der Waals surface area contributed by atoms with E-state index >= 15 is 0 Å². The number of H-pyrrole nitrogens is 1. The zero-order valence-corrected chi connectivity index (χ0v) is 23.9. The van der Waals surface area contributed by atoms with Crippen LogP contribution in [0.15, 0.2) is 36.7 Å². The smallest absolute Gasteiger partial charge is 0.229 e. The molecule has 1 saturated carbocycles. The number of aryl methyl sites for hydroxylation is 3. The van der Waals surface area contributed by atoms with Gasteiger partial charge in [-0.25, -0.2) is 4.98 Å². The van der Waals surface area contributed by atoms with Gasteiger partial charge in [0.05, 0.1) is 11.7 Å². The van der Waals surface area contributed by atoms with Crippen molar-refractivity contribution in [3.63, 3.8) is 0 Å². The van der Waals surface area contributed by atoms with Crippen molar-refractivity contribution in [2.75, 3.05) is 37.8 Å². The molecule has 0 spiro atoms. The monoisotopic (exact) mass is 534 g/mol. The second-order valence-electron chi connectivity index (χ2n) is 11.1. The van der Waals surface area contributed by atoms with Crippen LogP contribution in [0.25, 0.3) is 0 Å². The average Bonchev–Trinajstić information content (AvgIpc) is 3.27. The van der Waals surface area contributed by atoms with E-state index in [-0.39, 0.29) is 5.54 Å². The SMILES string of the molecule is C=C(N1CCC(c2cc(C)c(Nc3ncc(Cl)c(Nc4cc(C)[nH]n4)n3)cc2C)CC1)C1(N(C)C)CCC1. The second-order valence-corrected chi connectivity index (χ2v) is 11.5. The number of nitrogens with zero attached hydrogens (tertiary/aromatic N) is 5. The predicted molar refractivity (Wildman–Crippen MR) is 156 cm³/mol. The Labute approximate surface area is 230 Å². The lowest BCUT2D eigenvalue weighted by Gasteiger charge is -2.52. The highest BCUT2D eigenvalue weighted by Gasteiger charge is 2.44. The Morgan fingerprint density at radius 3 is 2.45 bits per heavy atom. The molecule has 0 amide bonds. The van der Waals surface area contributed by atoms with E-state index in [0.29, 0.717) is 28.5 Å². The molecule has 2 aliphatic rings. The molecule has 3 N–H and O–H groups in total. The molecule has 3 aromatic rings. The molecule has 1 saturated heterocycles. The van der Waals surface area contributed by atoms with Crippen LogP contribution in [0.1, 0.15) is 60.4 Å². The molecule has 0 radical (unpaired) electrons. The number of benzene rings is 1. The van der Waals surface area contributed by atoms with Gasteiger partial charge in [0.1, 0.15) is 5.02 Å². The number of likely N-dealkylation sites (tertiary alicyclic amines) is 1. The lowest BCUT2D eigenvalue weighted by atomic mass is 9.72. The number of likely N-dealkylation sites (N-methyl/N-ethyl adjacent to an activating group) is 1. The van der Waals surface area contributed by atoms with Crippen molar-refractivity contribution < 1.29 is 0 Å². The topological polar surface area (TPSA) is 85.0 Å². The van der Waals surface area contributed by atoms with Crippen LogP contribution in [0.5, 0.6) is 0 Å². The van der Waals surface area contributed by atoms with E-state index < -0.39 is 0 Å². The van der Waals surface area contributed by atoms with Crippen LogP contribution in [0.2, 0.25) is 5.02 Å². The molecule has 1 aromatic carbocycles. The minimum Gasteiger partial charge on any atom is -0.374 e. The fourth-order valence-corrected chi connectivity index (χ4v) is 6.05. The molecule has 5 rings (SSSR count). The number of rotatable bonds is 8. The summed E-state index contributed by atoms with van der Waals surface area (Å²) in [6.07, 6.45) is 7.65. The molecule has 1 aliphatic carbocycles. The molecular formula is C29H39ClN8. The minimum atomic E-state index is 0.170. The fraction of sp³-hybridized carbons (Fsp3) is 0.483. The predicted octanol–water partition coefficient (Wildman–Crippen LogP) is 6.44. The van der Waals surface area contributed by atoms with Gasteiger partial charge in [0, 0.05) is 36.2 Å². The van der Waals surface area contributed by atoms with E-state index in [2.05, 4.69) is 87.3 Å². The van der Waals surface area contributed by atoms with Gasteiger partial charge in [-0.3, -0.25) is 10.00 Å². The maximum atomic E-state index is 6.34. The average molecular weight is 535 g/mol. The van der Waals surface area contributed by atoms with Crippen LogP contribution < -0.4 is 10.6 Å². The van der Waals surface area contributed by atoms with Gasteiger partial charge in [0.15, 0.2) is 11.6 Å². The zero-order chi connectivity index (χ0) is 27.0. The number of piperidine rings is 1. The Hall–Kier alpha value is -3.10. The number of aromatic nitrogens is 4. The highest BCUT2D eigenvalue weighted by atomic mass is 35.5. The molecule has 2 fully saturated rings. The van der Waals surface area contributed by atoms with Crippen molar-refractivity contribution in [1.29, 1.82) is 0 Å². The Balaban J connectivity index is 1.26. The highest BCUT2D eigenvalue weighted by Crippen LogP contribution is 2.44. The first-order chi connectivity index (χ1) is 18.2. The number of halogens is 1. The normalized spacial score (nSPS) is 17.4. The summed E-state index contributed by atoms with van der Waals surface area (Å²) in [5, 5.41) is 14.1. The maximum Gasteiger partial charge on any atom is 0.229 e. The summed E-state index contributed by atoms with van der Waals surface area (Å²) < 4.78 is 0. The van der Waals surface area contributed by atoms with Gasteiger partial charge in [-0.05, 0) is 95.6 Å². The molecular weight excluding hydrogens is 496 g/mol. The molecule has 1 aliphatic heterocycles. The van der Waals surface area contributed by atoms with Gasteiger partial charge in [-0.15, -0.1) is 0 Å². The van der Waals surface area contributed by atoms with Crippen LogP contribution in [0, 0.1) is 20.8 Å². The summed E-state index contributed by atoms with van der Waals surface area (Å²) in [4.78, 5) is 13.9. The van der Waals surface area contributed by atoms with E-state index in [1.165, 1.54) is 41.6 Å². The van der Waals surface area contributed by atoms with Gasteiger partial charge < -0.3 is 15.5 Å². The molecule has 38 heavy (non-hydrogen) atoms. The Bertz CT molecular complexity index is 1320. The lowest BCUT2D eigenvalue weighted by Crippen LogP contribution is -2.56. The fourth-order valence-electron chi connectivity index (χ4n) is 5.91. The lowest BCUT2D eigenvalue weighted by molar-refractivity contribution is 0.0585. The van der Waals surface area contributed by atoms with Crippen molar-refractivity contribution in [3.8, 4) is 0 Å². The third kappa shape index (κ3) is 5.12. The van der Waals surface area contributed by atoms with Gasteiger partial charge in [-0.1, -0.05) is 24.2 Å². The standard InChI is InChI=1S/C29H39ClN8/c1-18-15-25(32-28-31-17-24(30)27(34-28)33-26-16-20(3)35-36-26)19(2)14-23(18)22-8-12-38(13-9-22)21(4)29(37(5)6)10-7-11-29/h14-17,22H,4,7-13H2,1-3,5-6H3,(H3,31,32,33,34,35,36). The third-order valence-corrected chi connectivity index (χ3v) is 8.72. The van der Waals surface area contributed by atoms with Crippen molar-refractivity contribution in [3.05, 3.63) is 64.1 Å². The number of aromatic amines is 1. The molecule has 202 valence electrons. The number of hydrogen-bond acceptors (Lipinski definition) is 7. The van der Waals surface area contributed by atoms with E-state index in [1.807, 2.05) is 13.0 Å². The van der Waals surface area contributed by atoms with E-state index in [1.54, 1.807) is 6.20 Å². The number of anilines is 4. The summed E-state index contributed by atoms with van der Waals surface area (Å²) in [5.74, 6) is 2.21. The summed E-state index contributed by atoms with van der Waals surface area (Å²) in [7, 11) is 4.40. The Morgan fingerprint density at radius 1 is 1.11 bits per heavy atom. The second kappa shape index (κ2) is 10.6. The van der Waals surface area contributed by atoms with Gasteiger partial charge >= 0.3 is 0 Å². The number of nitrogens with one attached hydrogen (secondary N) is 3. The first-order valence-electron chi connectivity index (χ1n) is 13.5. The Morgan fingerprint density at radius 2 is 1.84 bits per heavy atom. The van der Waals surface area contributed by atoms with E-state index in [4.69, 9.17) is 11.6 Å². The summed E-state index contributed by atoms with van der Waals surface area (Å²) in [6, 6.07) is 6.45. The van der Waals surface area contributed by atoms with Crippen LogP contribution in [-0.2, 0) is 0 Å². The third-order valence-electron chi connectivity index (χ3n) is 8.45. The minimum absolute atomic E-state index is 0.170. The van der Waals surface area contributed by atoms with Crippen molar-refractivity contribution in [2.45, 2.75) is 64.3 Å². The molecule has 0 atom stereocenters. The van der Waals surface area contributed by atoms with Crippen molar-refractivity contribution >= 4 is 34.9 Å². The van der Waals surface area contributed by atoms with Gasteiger partial charge in [0.25, 0.3) is 0 Å².